The number of nitrogens with zero attached hydrogens (tertiary/aromatic N) is 2. The van der Waals surface area contributed by atoms with Gasteiger partial charge in [-0.05, 0) is 42.5 Å². The number of benzene rings is 2. The molecular formula is C19H14ClN3O. The zero-order chi connectivity index (χ0) is 16.4. The second kappa shape index (κ2) is 6.34. The van der Waals surface area contributed by atoms with E-state index in [1.165, 1.54) is 0 Å². The van der Waals surface area contributed by atoms with E-state index in [2.05, 4.69) is 15.3 Å². The van der Waals surface area contributed by atoms with Gasteiger partial charge in [0.15, 0.2) is 5.58 Å². The van der Waals surface area contributed by atoms with Crippen LogP contribution in [0.4, 0.5) is 5.69 Å². The highest BCUT2D eigenvalue weighted by molar-refractivity contribution is 6.30. The Balaban J connectivity index is 1.67. The van der Waals surface area contributed by atoms with Crippen LogP contribution in [0.5, 0.6) is 0 Å². The molecule has 0 aliphatic heterocycles. The van der Waals surface area contributed by atoms with Crippen molar-refractivity contribution < 1.29 is 4.42 Å². The molecule has 0 aliphatic carbocycles. The molecule has 1 N–H and O–H groups in total. The molecule has 0 fully saturated rings. The molecule has 0 unspecified atom stereocenters. The summed E-state index contributed by atoms with van der Waals surface area (Å²) in [4.78, 5) is 8.87. The fourth-order valence-electron chi connectivity index (χ4n) is 2.52. The van der Waals surface area contributed by atoms with Crippen molar-refractivity contribution in [2.24, 2.45) is 0 Å². The van der Waals surface area contributed by atoms with E-state index in [1.807, 2.05) is 60.7 Å². The first-order valence-electron chi connectivity index (χ1n) is 7.59. The summed E-state index contributed by atoms with van der Waals surface area (Å²) in [5.41, 5.74) is 4.23. The lowest BCUT2D eigenvalue weighted by Gasteiger charge is -2.05. The number of rotatable bonds is 4. The van der Waals surface area contributed by atoms with E-state index in [4.69, 9.17) is 16.0 Å². The van der Waals surface area contributed by atoms with Gasteiger partial charge in [0.1, 0.15) is 5.52 Å². The third-order valence-corrected chi connectivity index (χ3v) is 3.91. The molecule has 0 radical (unpaired) electrons. The maximum atomic E-state index is 6.05. The number of aromatic nitrogens is 2. The molecule has 0 bridgehead atoms. The second-order valence-electron chi connectivity index (χ2n) is 5.36. The fourth-order valence-corrected chi connectivity index (χ4v) is 2.71. The maximum Gasteiger partial charge on any atom is 0.227 e. The van der Waals surface area contributed by atoms with Gasteiger partial charge in [-0.25, -0.2) is 4.98 Å². The monoisotopic (exact) mass is 335 g/mol. The van der Waals surface area contributed by atoms with Crippen molar-refractivity contribution >= 4 is 28.4 Å². The molecule has 118 valence electrons. The highest BCUT2D eigenvalue weighted by Crippen LogP contribution is 2.30. The number of para-hydroxylation sites is 1. The zero-order valence-electron chi connectivity index (χ0n) is 12.7. The van der Waals surface area contributed by atoms with Crippen molar-refractivity contribution in [2.75, 3.05) is 5.32 Å². The summed E-state index contributed by atoms with van der Waals surface area (Å²) in [6, 6.07) is 19.2. The number of fused-ring (bicyclic) bond motifs is 1. The molecule has 2 heterocycles. The van der Waals surface area contributed by atoms with Crippen LogP contribution in [0.15, 0.2) is 71.3 Å². The average Bonchev–Trinajstić information content (AvgIpc) is 3.06. The van der Waals surface area contributed by atoms with E-state index in [0.29, 0.717) is 17.5 Å². The molecule has 0 spiro atoms. The van der Waals surface area contributed by atoms with E-state index < -0.39 is 0 Å². The second-order valence-corrected chi connectivity index (χ2v) is 5.79. The van der Waals surface area contributed by atoms with Gasteiger partial charge in [0.25, 0.3) is 0 Å². The Bertz CT molecular complexity index is 982. The molecule has 4 rings (SSSR count). The first-order chi connectivity index (χ1) is 11.8. The highest BCUT2D eigenvalue weighted by Gasteiger charge is 2.11. The Labute approximate surface area is 144 Å². The van der Waals surface area contributed by atoms with Crippen LogP contribution in [0.25, 0.3) is 22.6 Å². The number of hydrogen-bond donors (Lipinski definition) is 1. The summed E-state index contributed by atoms with van der Waals surface area (Å²) >= 11 is 6.05. The molecule has 0 amide bonds. The molecule has 0 atom stereocenters. The Hall–Kier alpha value is -2.85. The predicted octanol–water partition coefficient (Wildman–Crippen LogP) is 5.16. The van der Waals surface area contributed by atoms with Gasteiger partial charge in [-0.3, -0.25) is 4.98 Å². The number of nitrogens with one attached hydrogen (secondary N) is 1. The van der Waals surface area contributed by atoms with Crippen molar-refractivity contribution in [3.8, 4) is 11.5 Å². The van der Waals surface area contributed by atoms with Crippen LogP contribution < -0.4 is 5.32 Å². The molecular weight excluding hydrogens is 322 g/mol. The molecule has 0 aliphatic rings. The van der Waals surface area contributed by atoms with E-state index in [-0.39, 0.29) is 0 Å². The van der Waals surface area contributed by atoms with Crippen LogP contribution in [-0.2, 0) is 6.54 Å². The first kappa shape index (κ1) is 14.7. The van der Waals surface area contributed by atoms with Crippen LogP contribution in [0, 0.1) is 0 Å². The highest BCUT2D eigenvalue weighted by atomic mass is 35.5. The molecule has 0 saturated carbocycles. The van der Waals surface area contributed by atoms with Crippen molar-refractivity contribution in [1.82, 2.24) is 9.97 Å². The van der Waals surface area contributed by atoms with Gasteiger partial charge < -0.3 is 9.73 Å². The third kappa shape index (κ3) is 2.96. The largest absolute Gasteiger partial charge is 0.434 e. The lowest BCUT2D eigenvalue weighted by Crippen LogP contribution is -2.01. The van der Waals surface area contributed by atoms with Crippen molar-refractivity contribution in [2.45, 2.75) is 6.54 Å². The summed E-state index contributed by atoms with van der Waals surface area (Å²) in [7, 11) is 0. The number of oxazole rings is 1. The van der Waals surface area contributed by atoms with Gasteiger partial charge in [-0.2, -0.15) is 0 Å². The van der Waals surface area contributed by atoms with E-state index in [0.717, 1.165) is 28.0 Å². The van der Waals surface area contributed by atoms with Gasteiger partial charge in [0, 0.05) is 16.8 Å². The standard InChI is InChI=1S/C19H14ClN3O/c20-14-6-3-5-13(11-14)19-23-17-9-4-8-16(18(17)24-19)22-12-15-7-1-2-10-21-15/h1-11,22H,12H2. The summed E-state index contributed by atoms with van der Waals surface area (Å²) in [6.45, 7) is 0.618. The van der Waals surface area contributed by atoms with Crippen molar-refractivity contribution in [3.63, 3.8) is 0 Å². The van der Waals surface area contributed by atoms with Crippen LogP contribution in [-0.4, -0.2) is 9.97 Å². The average molecular weight is 336 g/mol. The number of pyridine rings is 1. The smallest absolute Gasteiger partial charge is 0.227 e. The van der Waals surface area contributed by atoms with Gasteiger partial charge >= 0.3 is 0 Å². The normalized spacial score (nSPS) is 10.9. The van der Waals surface area contributed by atoms with E-state index in [1.54, 1.807) is 6.20 Å². The van der Waals surface area contributed by atoms with Gasteiger partial charge in [-0.1, -0.05) is 29.8 Å². The third-order valence-electron chi connectivity index (χ3n) is 3.67. The fraction of sp³-hybridized carbons (Fsp3) is 0.0526. The lowest BCUT2D eigenvalue weighted by atomic mass is 10.2. The summed E-state index contributed by atoms with van der Waals surface area (Å²) in [5, 5.41) is 4.01. The molecule has 2 aromatic carbocycles. The maximum absolute atomic E-state index is 6.05. The summed E-state index contributed by atoms with van der Waals surface area (Å²) < 4.78 is 5.98. The van der Waals surface area contributed by atoms with Crippen molar-refractivity contribution in [3.05, 3.63) is 77.6 Å². The predicted molar refractivity (Wildman–Crippen MR) is 96.0 cm³/mol. The zero-order valence-corrected chi connectivity index (χ0v) is 13.5. The summed E-state index contributed by atoms with van der Waals surface area (Å²) in [6.07, 6.45) is 1.78. The van der Waals surface area contributed by atoms with Crippen molar-refractivity contribution in [1.29, 1.82) is 0 Å². The van der Waals surface area contributed by atoms with E-state index >= 15 is 0 Å². The molecule has 4 aromatic rings. The van der Waals surface area contributed by atoms with Gasteiger partial charge in [-0.15, -0.1) is 0 Å². The van der Waals surface area contributed by atoms with Crippen LogP contribution in [0.3, 0.4) is 0 Å². The minimum Gasteiger partial charge on any atom is -0.434 e. The van der Waals surface area contributed by atoms with Gasteiger partial charge in [0.2, 0.25) is 5.89 Å². The van der Waals surface area contributed by atoms with Crippen LogP contribution in [0.1, 0.15) is 5.69 Å². The van der Waals surface area contributed by atoms with Crippen LogP contribution >= 0.6 is 11.6 Å². The molecule has 4 nitrogen and oxygen atoms in total. The lowest BCUT2D eigenvalue weighted by molar-refractivity contribution is 0.620. The van der Waals surface area contributed by atoms with Crippen LogP contribution in [0.2, 0.25) is 5.02 Å². The molecule has 0 saturated heterocycles. The minimum atomic E-state index is 0.555. The molecule has 5 heteroatoms. The molecule has 2 aromatic heterocycles. The number of halogens is 1. The number of hydrogen-bond acceptors (Lipinski definition) is 4. The minimum absolute atomic E-state index is 0.555. The summed E-state index contributed by atoms with van der Waals surface area (Å²) in [5.74, 6) is 0.555. The number of anilines is 1. The first-order valence-corrected chi connectivity index (χ1v) is 7.97. The van der Waals surface area contributed by atoms with E-state index in [9.17, 15) is 0 Å². The topological polar surface area (TPSA) is 51.0 Å². The Morgan fingerprint density at radius 2 is 1.92 bits per heavy atom. The Morgan fingerprint density at radius 3 is 2.75 bits per heavy atom. The van der Waals surface area contributed by atoms with Gasteiger partial charge in [0.05, 0.1) is 17.9 Å². The Kier molecular flexibility index (Phi) is 3.89. The molecule has 24 heavy (non-hydrogen) atoms. The quantitative estimate of drug-likeness (QED) is 0.560. The SMILES string of the molecule is Clc1cccc(-c2nc3cccc(NCc4ccccn4)c3o2)c1. The Morgan fingerprint density at radius 1 is 1.00 bits per heavy atom.